The summed E-state index contributed by atoms with van der Waals surface area (Å²) < 4.78 is 13.3. The Morgan fingerprint density at radius 2 is 2.03 bits per heavy atom. The third-order valence-electron chi connectivity index (χ3n) is 7.63. The van der Waals surface area contributed by atoms with Crippen molar-refractivity contribution in [2.24, 2.45) is 30.7 Å². The zero-order valence-electron chi connectivity index (χ0n) is 19.8. The normalized spacial score (nSPS) is 25.4. The number of aliphatic carboxylic acids is 1. The van der Waals surface area contributed by atoms with Gasteiger partial charge in [0.2, 0.25) is 0 Å². The van der Waals surface area contributed by atoms with Crippen molar-refractivity contribution in [1.29, 1.82) is 0 Å². The molecule has 4 atom stereocenters. The number of carboxylic acids is 1. The fourth-order valence-corrected chi connectivity index (χ4v) is 5.40. The molecular formula is C24H31N5O5. The molecular weight excluding hydrogens is 438 g/mol. The average Bonchev–Trinajstić information content (AvgIpc) is 3.19. The van der Waals surface area contributed by atoms with Crippen molar-refractivity contribution in [1.82, 2.24) is 24.9 Å². The van der Waals surface area contributed by atoms with Gasteiger partial charge in [0.15, 0.2) is 0 Å². The van der Waals surface area contributed by atoms with Crippen LogP contribution in [0.15, 0.2) is 12.1 Å². The molecule has 182 valence electrons. The van der Waals surface area contributed by atoms with E-state index in [0.29, 0.717) is 41.0 Å². The van der Waals surface area contributed by atoms with Gasteiger partial charge in [-0.05, 0) is 56.6 Å². The number of aryl methyl sites for hydroxylation is 2. The van der Waals surface area contributed by atoms with Crippen LogP contribution in [-0.2, 0) is 23.2 Å². The highest BCUT2D eigenvalue weighted by Crippen LogP contribution is 2.58. The molecule has 0 aliphatic heterocycles. The van der Waals surface area contributed by atoms with Gasteiger partial charge in [0.25, 0.3) is 0 Å². The van der Waals surface area contributed by atoms with Crippen LogP contribution in [0.4, 0.5) is 4.79 Å². The van der Waals surface area contributed by atoms with Gasteiger partial charge in [-0.1, -0.05) is 11.6 Å². The van der Waals surface area contributed by atoms with Crippen molar-refractivity contribution in [3.05, 3.63) is 23.5 Å². The van der Waals surface area contributed by atoms with E-state index in [1.165, 1.54) is 19.3 Å². The molecule has 0 unspecified atom stereocenters. The summed E-state index contributed by atoms with van der Waals surface area (Å²) in [5.74, 6) is 0.569. The number of amides is 1. The second-order valence-corrected chi connectivity index (χ2v) is 9.86. The minimum absolute atomic E-state index is 0.0490. The van der Waals surface area contributed by atoms with E-state index in [1.807, 2.05) is 19.1 Å². The van der Waals surface area contributed by atoms with Gasteiger partial charge in [-0.2, -0.15) is 0 Å². The summed E-state index contributed by atoms with van der Waals surface area (Å²) in [7, 11) is 3.52. The first-order chi connectivity index (χ1) is 16.3. The van der Waals surface area contributed by atoms with Gasteiger partial charge >= 0.3 is 12.1 Å². The van der Waals surface area contributed by atoms with Crippen LogP contribution < -0.4 is 4.74 Å². The third kappa shape index (κ3) is 4.21. The number of aromatic nitrogens is 4. The number of pyridine rings is 1. The monoisotopic (exact) mass is 469 g/mol. The number of ether oxygens (including phenoxy) is 2. The zero-order chi connectivity index (χ0) is 24.0. The molecule has 0 aromatic carbocycles. The minimum atomic E-state index is -0.724. The Morgan fingerprint density at radius 1 is 1.24 bits per heavy atom. The van der Waals surface area contributed by atoms with E-state index < -0.39 is 5.97 Å². The summed E-state index contributed by atoms with van der Waals surface area (Å²) >= 11 is 0. The molecule has 2 aromatic rings. The molecule has 1 N–H and O–H groups in total. The highest BCUT2D eigenvalue weighted by atomic mass is 16.6. The van der Waals surface area contributed by atoms with Crippen LogP contribution in [0.1, 0.15) is 43.5 Å². The number of hydrogen-bond acceptors (Lipinski definition) is 7. The van der Waals surface area contributed by atoms with Gasteiger partial charge in [-0.15, -0.1) is 5.10 Å². The predicted octanol–water partition coefficient (Wildman–Crippen LogP) is 3.04. The van der Waals surface area contributed by atoms with E-state index in [9.17, 15) is 14.7 Å². The fourth-order valence-electron chi connectivity index (χ4n) is 5.40. The molecule has 3 aliphatic carbocycles. The molecule has 5 rings (SSSR count). The summed E-state index contributed by atoms with van der Waals surface area (Å²) in [6.45, 7) is 2.62. The van der Waals surface area contributed by atoms with Crippen molar-refractivity contribution in [3.63, 3.8) is 0 Å². The maximum atomic E-state index is 12.4. The number of carboxylic acid groups (broad SMARTS) is 1. The number of carbonyl (C=O) groups excluding carboxylic acids is 1. The SMILES string of the molecule is Cc1nc(-c2nnn(C)c2COC(=O)N(C)CC2CCC2)ccc1O[C@@H]1CC[C@H]2[C@@H](C(=O)O)[C@H]21. The fraction of sp³-hybridized carbons (Fsp3) is 0.625. The largest absolute Gasteiger partial charge is 0.488 e. The predicted molar refractivity (Wildman–Crippen MR) is 121 cm³/mol. The molecule has 0 radical (unpaired) electrons. The zero-order valence-corrected chi connectivity index (χ0v) is 19.8. The molecule has 0 spiro atoms. The van der Waals surface area contributed by atoms with E-state index in [4.69, 9.17) is 9.47 Å². The molecule has 34 heavy (non-hydrogen) atoms. The van der Waals surface area contributed by atoms with E-state index in [1.54, 1.807) is 23.7 Å². The molecule has 0 bridgehead atoms. The number of rotatable bonds is 8. The third-order valence-corrected chi connectivity index (χ3v) is 7.63. The molecule has 0 saturated heterocycles. The van der Waals surface area contributed by atoms with Crippen LogP contribution in [-0.4, -0.2) is 61.7 Å². The van der Waals surface area contributed by atoms with Gasteiger partial charge in [0.1, 0.15) is 29.8 Å². The van der Waals surface area contributed by atoms with Crippen molar-refractivity contribution in [2.75, 3.05) is 13.6 Å². The van der Waals surface area contributed by atoms with E-state index in [0.717, 1.165) is 12.8 Å². The van der Waals surface area contributed by atoms with Gasteiger partial charge in [0.05, 0.1) is 17.3 Å². The molecule has 2 heterocycles. The first-order valence-electron chi connectivity index (χ1n) is 12.0. The van der Waals surface area contributed by atoms with Crippen LogP contribution >= 0.6 is 0 Å². The molecule has 3 fully saturated rings. The van der Waals surface area contributed by atoms with Gasteiger partial charge < -0.3 is 19.5 Å². The minimum Gasteiger partial charge on any atom is -0.488 e. The van der Waals surface area contributed by atoms with Crippen molar-refractivity contribution < 1.29 is 24.2 Å². The number of hydrogen-bond donors (Lipinski definition) is 1. The Balaban J connectivity index is 1.24. The highest BCUT2D eigenvalue weighted by molar-refractivity contribution is 5.75. The Labute approximate surface area is 198 Å². The van der Waals surface area contributed by atoms with Crippen molar-refractivity contribution in [2.45, 2.75) is 51.7 Å². The second kappa shape index (κ2) is 8.88. The maximum absolute atomic E-state index is 12.4. The molecule has 1 amide bonds. The number of carbonyl (C=O) groups is 2. The lowest BCUT2D eigenvalue weighted by Crippen LogP contribution is -2.34. The Hall–Kier alpha value is -3.17. The number of nitrogens with zero attached hydrogens (tertiary/aromatic N) is 5. The number of fused-ring (bicyclic) bond motifs is 1. The first-order valence-corrected chi connectivity index (χ1v) is 12.0. The van der Waals surface area contributed by atoms with E-state index in [2.05, 4.69) is 15.3 Å². The van der Waals surface area contributed by atoms with Crippen LogP contribution in [0.3, 0.4) is 0 Å². The summed E-state index contributed by atoms with van der Waals surface area (Å²) in [6.07, 6.45) is 4.89. The second-order valence-electron chi connectivity index (χ2n) is 9.86. The smallest absolute Gasteiger partial charge is 0.409 e. The van der Waals surface area contributed by atoms with Crippen LogP contribution in [0.25, 0.3) is 11.4 Å². The molecule has 3 saturated carbocycles. The Kier molecular flexibility index (Phi) is 5.91. The van der Waals surface area contributed by atoms with Gasteiger partial charge in [-0.3, -0.25) is 4.79 Å². The van der Waals surface area contributed by atoms with Crippen LogP contribution in [0.2, 0.25) is 0 Å². The lowest BCUT2D eigenvalue weighted by Gasteiger charge is -2.29. The standard InChI is InChI=1S/C24H31N5O5/c1-13-18(34-19-9-7-15-20(19)21(15)23(30)31)10-8-16(25-13)22-17(29(3)27-26-22)12-33-24(32)28(2)11-14-5-4-6-14/h8,10,14-15,19-21H,4-7,9,11-12H2,1-3H3,(H,30,31)/t15-,19-,20-,21-/m1/s1. The van der Waals surface area contributed by atoms with Crippen LogP contribution in [0.5, 0.6) is 5.75 Å². The quantitative estimate of drug-likeness (QED) is 0.626. The van der Waals surface area contributed by atoms with Crippen molar-refractivity contribution in [3.8, 4) is 17.1 Å². The van der Waals surface area contributed by atoms with Gasteiger partial charge in [-0.25, -0.2) is 14.5 Å². The van der Waals surface area contributed by atoms with E-state index >= 15 is 0 Å². The lowest BCUT2D eigenvalue weighted by atomic mass is 9.85. The summed E-state index contributed by atoms with van der Waals surface area (Å²) in [6, 6.07) is 3.66. The van der Waals surface area contributed by atoms with Gasteiger partial charge in [0, 0.05) is 26.6 Å². The molecule has 2 aromatic heterocycles. The first kappa shape index (κ1) is 22.6. The Bertz CT molecular complexity index is 1100. The van der Waals surface area contributed by atoms with Crippen molar-refractivity contribution >= 4 is 12.1 Å². The Morgan fingerprint density at radius 3 is 2.68 bits per heavy atom. The topological polar surface area (TPSA) is 120 Å². The summed E-state index contributed by atoms with van der Waals surface area (Å²) in [5, 5.41) is 17.7. The lowest BCUT2D eigenvalue weighted by molar-refractivity contribution is -0.139. The van der Waals surface area contributed by atoms with E-state index in [-0.39, 0.29) is 36.6 Å². The maximum Gasteiger partial charge on any atom is 0.409 e. The summed E-state index contributed by atoms with van der Waals surface area (Å²) in [4.78, 5) is 30.1. The molecule has 10 heteroatoms. The highest BCUT2D eigenvalue weighted by Gasteiger charge is 2.63. The molecule has 3 aliphatic rings. The average molecular weight is 470 g/mol. The van der Waals surface area contributed by atoms with Crippen LogP contribution in [0, 0.1) is 30.6 Å². The molecule has 10 nitrogen and oxygen atoms in total. The summed E-state index contributed by atoms with van der Waals surface area (Å²) in [5.41, 5.74) is 2.53.